The smallest absolute Gasteiger partial charge is 0.323 e. The maximum atomic E-state index is 10.9. The molecule has 0 aliphatic carbocycles. The minimum atomic E-state index is -0.683. The molecule has 0 aliphatic heterocycles. The van der Waals surface area contributed by atoms with Gasteiger partial charge in [-0.15, -0.1) is 0 Å². The Morgan fingerprint density at radius 2 is 2.00 bits per heavy atom. The molecule has 0 radical (unpaired) electrons. The van der Waals surface area contributed by atoms with Crippen LogP contribution in [-0.4, -0.2) is 15.9 Å². The zero-order valence-electron chi connectivity index (χ0n) is 7.63. The van der Waals surface area contributed by atoms with Crippen LogP contribution in [0.1, 0.15) is 5.56 Å². The maximum Gasteiger partial charge on any atom is 0.323 e. The Hall–Kier alpha value is -2.48. The first kappa shape index (κ1) is 9.09. The van der Waals surface area contributed by atoms with Crippen LogP contribution in [0.2, 0.25) is 0 Å². The molecule has 74 valence electrons. The van der Waals surface area contributed by atoms with E-state index < -0.39 is 5.91 Å². The van der Waals surface area contributed by atoms with E-state index in [1.54, 1.807) is 18.2 Å². The van der Waals surface area contributed by atoms with Crippen molar-refractivity contribution in [2.75, 3.05) is 0 Å². The van der Waals surface area contributed by atoms with Gasteiger partial charge < -0.3 is 15.7 Å². The fourth-order valence-corrected chi connectivity index (χ4v) is 1.24. The van der Waals surface area contributed by atoms with Gasteiger partial charge in [-0.3, -0.25) is 4.79 Å². The van der Waals surface area contributed by atoms with Crippen LogP contribution in [0.3, 0.4) is 0 Å². The Labute approximate surface area is 84.3 Å². The van der Waals surface area contributed by atoms with Crippen LogP contribution in [0.4, 0.5) is 0 Å². The number of primary amides is 1. The van der Waals surface area contributed by atoms with E-state index in [1.807, 2.05) is 0 Å². The van der Waals surface area contributed by atoms with Gasteiger partial charge in [0.1, 0.15) is 0 Å². The Morgan fingerprint density at radius 1 is 1.27 bits per heavy atom. The fraction of sp³-hybridized carbons (Fsp3) is 0. The van der Waals surface area contributed by atoms with Crippen LogP contribution >= 0.6 is 0 Å². The van der Waals surface area contributed by atoms with Crippen molar-refractivity contribution in [1.29, 1.82) is 0 Å². The van der Waals surface area contributed by atoms with Crippen molar-refractivity contribution in [1.82, 2.24) is 9.97 Å². The molecule has 4 N–H and O–H groups in total. The van der Waals surface area contributed by atoms with E-state index in [4.69, 9.17) is 5.73 Å². The van der Waals surface area contributed by atoms with Crippen LogP contribution < -0.4 is 11.4 Å². The van der Waals surface area contributed by atoms with Crippen molar-refractivity contribution in [3.05, 3.63) is 34.2 Å². The summed E-state index contributed by atoms with van der Waals surface area (Å²) in [6.45, 7) is 0. The van der Waals surface area contributed by atoms with Crippen LogP contribution in [0.25, 0.3) is 11.0 Å². The van der Waals surface area contributed by atoms with Gasteiger partial charge in [-0.2, -0.15) is 0 Å². The van der Waals surface area contributed by atoms with E-state index in [9.17, 15) is 9.59 Å². The molecule has 1 amide bonds. The van der Waals surface area contributed by atoms with Gasteiger partial charge >= 0.3 is 5.69 Å². The summed E-state index contributed by atoms with van der Waals surface area (Å²) < 4.78 is 0. The van der Waals surface area contributed by atoms with E-state index in [1.165, 1.54) is 0 Å². The number of amides is 1. The standard InChI is InChI=1S/C10H7N3O2/c11-9(14)4-2-6-1-3-7-8(5-6)13-10(15)12-7/h1,3,5H,(H2,11,14)(H2,12,13,15). The SMILES string of the molecule is NC(=O)C#Cc1ccc2[nH]c(=O)[nH]c2c1. The molecule has 2 rings (SSSR count). The molecule has 5 heteroatoms. The number of fused-ring (bicyclic) bond motifs is 1. The molecule has 0 aliphatic rings. The van der Waals surface area contributed by atoms with E-state index in [-0.39, 0.29) is 5.69 Å². The number of nitrogens with two attached hydrogens (primary N) is 1. The average molecular weight is 201 g/mol. The van der Waals surface area contributed by atoms with Gasteiger partial charge in [-0.25, -0.2) is 4.79 Å². The first-order valence-corrected chi connectivity index (χ1v) is 4.18. The molecule has 0 fully saturated rings. The van der Waals surface area contributed by atoms with Gasteiger partial charge in [-0.1, -0.05) is 5.92 Å². The summed E-state index contributed by atoms with van der Waals surface area (Å²) in [5.74, 6) is 4.12. The number of rotatable bonds is 0. The molecule has 1 aromatic carbocycles. The largest absolute Gasteiger partial charge is 0.359 e. The quantitative estimate of drug-likeness (QED) is 0.510. The van der Waals surface area contributed by atoms with Crippen LogP contribution in [-0.2, 0) is 4.79 Å². The third-order valence-electron chi connectivity index (χ3n) is 1.85. The highest BCUT2D eigenvalue weighted by molar-refractivity contribution is 5.92. The highest BCUT2D eigenvalue weighted by atomic mass is 16.1. The molecule has 0 saturated heterocycles. The summed E-state index contributed by atoms with van der Waals surface area (Å²) in [6, 6.07) is 5.07. The number of benzene rings is 1. The van der Waals surface area contributed by atoms with Gasteiger partial charge in [-0.05, 0) is 24.1 Å². The summed E-state index contributed by atoms with van der Waals surface area (Å²) in [4.78, 5) is 26.6. The minimum absolute atomic E-state index is 0.273. The monoisotopic (exact) mass is 201 g/mol. The lowest BCUT2D eigenvalue weighted by Crippen LogP contribution is -2.06. The molecule has 0 unspecified atom stereocenters. The van der Waals surface area contributed by atoms with Crippen LogP contribution in [0, 0.1) is 11.8 Å². The molecule has 1 heterocycles. The molecule has 0 atom stereocenters. The number of imidazole rings is 1. The summed E-state index contributed by atoms with van der Waals surface area (Å²) >= 11 is 0. The van der Waals surface area contributed by atoms with Crippen molar-refractivity contribution in [2.24, 2.45) is 5.73 Å². The molecular weight excluding hydrogens is 194 g/mol. The number of nitrogens with one attached hydrogen (secondary N) is 2. The number of carbonyl (C=O) groups excluding carboxylic acids is 1. The molecule has 0 bridgehead atoms. The number of hydrogen-bond donors (Lipinski definition) is 3. The number of aromatic nitrogens is 2. The summed E-state index contributed by atoms with van der Waals surface area (Å²) in [5, 5.41) is 0. The molecule has 1 aromatic heterocycles. The van der Waals surface area contributed by atoms with Crippen molar-refractivity contribution < 1.29 is 4.79 Å². The molecule has 2 aromatic rings. The van der Waals surface area contributed by atoms with E-state index in [0.717, 1.165) is 0 Å². The van der Waals surface area contributed by atoms with Gasteiger partial charge in [0.25, 0.3) is 5.91 Å². The predicted octanol–water partition coefficient (Wildman–Crippen LogP) is -0.307. The van der Waals surface area contributed by atoms with Gasteiger partial charge in [0.2, 0.25) is 0 Å². The number of H-pyrrole nitrogens is 2. The van der Waals surface area contributed by atoms with Crippen molar-refractivity contribution >= 4 is 16.9 Å². The van der Waals surface area contributed by atoms with E-state index in [0.29, 0.717) is 16.6 Å². The summed E-state index contributed by atoms with van der Waals surface area (Å²) in [6.07, 6.45) is 0. The molecule has 0 spiro atoms. The lowest BCUT2D eigenvalue weighted by Gasteiger charge is -1.89. The highest BCUT2D eigenvalue weighted by Crippen LogP contribution is 2.08. The topological polar surface area (TPSA) is 91.7 Å². The zero-order valence-corrected chi connectivity index (χ0v) is 7.63. The number of aromatic amines is 2. The van der Waals surface area contributed by atoms with Gasteiger partial charge in [0.15, 0.2) is 0 Å². The Morgan fingerprint density at radius 3 is 2.73 bits per heavy atom. The average Bonchev–Trinajstić information content (AvgIpc) is 2.53. The van der Waals surface area contributed by atoms with E-state index >= 15 is 0 Å². The molecular formula is C10H7N3O2. The van der Waals surface area contributed by atoms with Gasteiger partial charge in [0.05, 0.1) is 11.0 Å². The molecule has 5 nitrogen and oxygen atoms in total. The summed E-state index contributed by atoms with van der Waals surface area (Å²) in [5.41, 5.74) is 6.58. The third-order valence-corrected chi connectivity index (χ3v) is 1.85. The number of carbonyl (C=O) groups is 1. The number of hydrogen-bond acceptors (Lipinski definition) is 2. The first-order valence-electron chi connectivity index (χ1n) is 4.18. The van der Waals surface area contributed by atoms with Crippen LogP contribution in [0.15, 0.2) is 23.0 Å². The second-order valence-corrected chi connectivity index (χ2v) is 2.95. The molecule has 15 heavy (non-hydrogen) atoms. The first-order chi connectivity index (χ1) is 7.15. The van der Waals surface area contributed by atoms with E-state index in [2.05, 4.69) is 21.8 Å². The highest BCUT2D eigenvalue weighted by Gasteiger charge is 1.97. The zero-order chi connectivity index (χ0) is 10.8. The van der Waals surface area contributed by atoms with Crippen molar-refractivity contribution in [3.63, 3.8) is 0 Å². The molecule has 0 saturated carbocycles. The van der Waals surface area contributed by atoms with Crippen molar-refractivity contribution in [3.8, 4) is 11.8 Å². The second-order valence-electron chi connectivity index (χ2n) is 2.95. The summed E-state index contributed by atoms with van der Waals surface area (Å²) in [7, 11) is 0. The lowest BCUT2D eigenvalue weighted by molar-refractivity contribution is -0.112. The lowest BCUT2D eigenvalue weighted by atomic mass is 10.2. The fourth-order valence-electron chi connectivity index (χ4n) is 1.24. The predicted molar refractivity (Wildman–Crippen MR) is 55.0 cm³/mol. The Kier molecular flexibility index (Phi) is 2.03. The van der Waals surface area contributed by atoms with Crippen molar-refractivity contribution in [2.45, 2.75) is 0 Å². The van der Waals surface area contributed by atoms with Crippen LogP contribution in [0.5, 0.6) is 0 Å². The minimum Gasteiger partial charge on any atom is -0.359 e. The second kappa shape index (κ2) is 3.35. The maximum absolute atomic E-state index is 10.9. The third kappa shape index (κ3) is 1.89. The Balaban J connectivity index is 2.52. The normalized spacial score (nSPS) is 9.60. The Bertz CT molecular complexity index is 640. The van der Waals surface area contributed by atoms with Gasteiger partial charge in [0, 0.05) is 5.56 Å².